The van der Waals surface area contributed by atoms with Gasteiger partial charge in [-0.1, -0.05) is 30.3 Å². The summed E-state index contributed by atoms with van der Waals surface area (Å²) in [6.07, 6.45) is 4.21. The van der Waals surface area contributed by atoms with Gasteiger partial charge in [0.2, 0.25) is 15.9 Å². The number of rotatable bonds is 6. The lowest BCUT2D eigenvalue weighted by Gasteiger charge is -2.31. The highest BCUT2D eigenvalue weighted by atomic mass is 32.2. The van der Waals surface area contributed by atoms with E-state index >= 15 is 0 Å². The third-order valence-electron chi connectivity index (χ3n) is 5.79. The van der Waals surface area contributed by atoms with E-state index in [1.807, 2.05) is 7.05 Å². The molecule has 1 aromatic heterocycles. The summed E-state index contributed by atoms with van der Waals surface area (Å²) in [5.41, 5.74) is 0.594. The molecule has 32 heavy (non-hydrogen) atoms. The highest BCUT2D eigenvalue weighted by Crippen LogP contribution is 2.26. The maximum atomic E-state index is 13.9. The minimum Gasteiger partial charge on any atom is -0.342 e. The third kappa shape index (κ3) is 4.58. The van der Waals surface area contributed by atoms with Crippen molar-refractivity contribution in [1.82, 2.24) is 19.2 Å². The standard InChI is InChI=1S/C23H25FN4O3S/c1-27-15-12-25-22(27)21(18-6-5-7-19(24)16-18)26-23(29)17-10-13-28(14-11-17)32(30,31)20-8-3-2-4-9-20/h2-9,12,15-17,21H,10-11,13-14H2,1H3,(H,26,29)/t21-/m1/s1. The first-order valence-corrected chi connectivity index (χ1v) is 11.9. The number of benzene rings is 2. The third-order valence-corrected chi connectivity index (χ3v) is 7.70. The minimum absolute atomic E-state index is 0.195. The van der Waals surface area contributed by atoms with Crippen LogP contribution in [-0.2, 0) is 21.9 Å². The molecular weight excluding hydrogens is 431 g/mol. The zero-order valence-electron chi connectivity index (χ0n) is 17.7. The molecule has 168 valence electrons. The van der Waals surface area contributed by atoms with Crippen molar-refractivity contribution in [3.63, 3.8) is 0 Å². The number of piperidine rings is 1. The van der Waals surface area contributed by atoms with E-state index in [2.05, 4.69) is 10.3 Å². The average molecular weight is 457 g/mol. The van der Waals surface area contributed by atoms with Crippen molar-refractivity contribution in [3.05, 3.63) is 84.2 Å². The molecule has 1 fully saturated rings. The van der Waals surface area contributed by atoms with Crippen molar-refractivity contribution in [3.8, 4) is 0 Å². The Kier molecular flexibility index (Phi) is 6.38. The number of carbonyl (C=O) groups is 1. The number of hydrogen-bond donors (Lipinski definition) is 1. The molecule has 1 N–H and O–H groups in total. The zero-order valence-corrected chi connectivity index (χ0v) is 18.5. The second-order valence-electron chi connectivity index (χ2n) is 7.88. The largest absolute Gasteiger partial charge is 0.342 e. The van der Waals surface area contributed by atoms with Crippen LogP contribution in [0.15, 0.2) is 71.9 Å². The molecule has 0 spiro atoms. The molecule has 7 nitrogen and oxygen atoms in total. The fourth-order valence-electron chi connectivity index (χ4n) is 4.00. The number of nitrogens with zero attached hydrogens (tertiary/aromatic N) is 3. The maximum Gasteiger partial charge on any atom is 0.243 e. The van der Waals surface area contributed by atoms with Gasteiger partial charge in [-0.15, -0.1) is 0 Å². The van der Waals surface area contributed by atoms with Crippen LogP contribution in [0.1, 0.15) is 30.3 Å². The number of nitrogens with one attached hydrogen (secondary N) is 1. The van der Waals surface area contributed by atoms with Crippen molar-refractivity contribution in [1.29, 1.82) is 0 Å². The predicted molar refractivity (Wildman–Crippen MR) is 118 cm³/mol. The Bertz CT molecular complexity index is 1190. The van der Waals surface area contributed by atoms with E-state index < -0.39 is 21.9 Å². The zero-order chi connectivity index (χ0) is 22.7. The summed E-state index contributed by atoms with van der Waals surface area (Å²) in [6.45, 7) is 0.532. The molecule has 1 amide bonds. The lowest BCUT2D eigenvalue weighted by Crippen LogP contribution is -2.44. The van der Waals surface area contributed by atoms with Crippen molar-refractivity contribution in [2.24, 2.45) is 13.0 Å². The molecule has 9 heteroatoms. The number of aromatic nitrogens is 2. The molecule has 0 saturated carbocycles. The number of carbonyl (C=O) groups excluding carboxylic acids is 1. The van der Waals surface area contributed by atoms with Gasteiger partial charge in [-0.05, 0) is 42.7 Å². The van der Waals surface area contributed by atoms with Crippen LogP contribution in [-0.4, -0.2) is 41.3 Å². The minimum atomic E-state index is -3.58. The quantitative estimate of drug-likeness (QED) is 0.618. The maximum absolute atomic E-state index is 13.9. The smallest absolute Gasteiger partial charge is 0.243 e. The van der Waals surface area contributed by atoms with Gasteiger partial charge in [-0.25, -0.2) is 17.8 Å². The molecule has 2 heterocycles. The van der Waals surface area contributed by atoms with Gasteiger partial charge in [0.05, 0.1) is 4.90 Å². The van der Waals surface area contributed by atoms with Crippen LogP contribution >= 0.6 is 0 Å². The van der Waals surface area contributed by atoms with Crippen LogP contribution in [0.5, 0.6) is 0 Å². The topological polar surface area (TPSA) is 84.3 Å². The molecule has 1 aliphatic heterocycles. The van der Waals surface area contributed by atoms with Crippen LogP contribution in [0, 0.1) is 11.7 Å². The fraction of sp³-hybridized carbons (Fsp3) is 0.304. The molecule has 1 atom stereocenters. The molecule has 0 aliphatic carbocycles. The summed E-state index contributed by atoms with van der Waals surface area (Å²) in [4.78, 5) is 17.7. The van der Waals surface area contributed by atoms with E-state index in [1.54, 1.807) is 59.4 Å². The summed E-state index contributed by atoms with van der Waals surface area (Å²) >= 11 is 0. The molecule has 0 unspecified atom stereocenters. The number of amides is 1. The van der Waals surface area contributed by atoms with E-state index in [1.165, 1.54) is 16.4 Å². The molecule has 4 rings (SSSR count). The molecule has 2 aromatic carbocycles. The number of imidazole rings is 1. The van der Waals surface area contributed by atoms with Gasteiger partial charge in [-0.3, -0.25) is 4.79 Å². The van der Waals surface area contributed by atoms with E-state index in [0.717, 1.165) is 0 Å². The second-order valence-corrected chi connectivity index (χ2v) is 9.82. The summed E-state index contributed by atoms with van der Waals surface area (Å²) in [5.74, 6) is -0.337. The van der Waals surface area contributed by atoms with Crippen molar-refractivity contribution < 1.29 is 17.6 Å². The van der Waals surface area contributed by atoms with E-state index in [0.29, 0.717) is 24.2 Å². The Morgan fingerprint density at radius 1 is 1.12 bits per heavy atom. The molecule has 1 saturated heterocycles. The van der Waals surface area contributed by atoms with E-state index in [4.69, 9.17) is 0 Å². The Labute approximate surface area is 186 Å². The molecule has 0 bridgehead atoms. The summed E-state index contributed by atoms with van der Waals surface area (Å²) in [6, 6.07) is 13.8. The van der Waals surface area contributed by atoms with Crippen LogP contribution in [0.4, 0.5) is 4.39 Å². The highest BCUT2D eigenvalue weighted by molar-refractivity contribution is 7.89. The van der Waals surface area contributed by atoms with Gasteiger partial charge in [0.15, 0.2) is 0 Å². The summed E-state index contributed by atoms with van der Waals surface area (Å²) < 4.78 is 42.7. The summed E-state index contributed by atoms with van der Waals surface area (Å²) in [7, 11) is -1.76. The van der Waals surface area contributed by atoms with E-state index in [-0.39, 0.29) is 29.8 Å². The highest BCUT2D eigenvalue weighted by Gasteiger charge is 2.33. The Morgan fingerprint density at radius 2 is 1.84 bits per heavy atom. The Morgan fingerprint density at radius 3 is 2.47 bits per heavy atom. The molecular formula is C23H25FN4O3S. The second kappa shape index (κ2) is 9.22. The van der Waals surface area contributed by atoms with Gasteiger partial charge < -0.3 is 9.88 Å². The van der Waals surface area contributed by atoms with Gasteiger partial charge in [0.1, 0.15) is 17.7 Å². The van der Waals surface area contributed by atoms with Gasteiger partial charge in [-0.2, -0.15) is 4.31 Å². The van der Waals surface area contributed by atoms with Crippen LogP contribution < -0.4 is 5.32 Å². The first-order valence-electron chi connectivity index (χ1n) is 10.4. The normalized spacial score (nSPS) is 16.6. The first-order chi connectivity index (χ1) is 15.4. The van der Waals surface area contributed by atoms with Crippen molar-refractivity contribution in [2.75, 3.05) is 13.1 Å². The lowest BCUT2D eigenvalue weighted by molar-refractivity contribution is -0.126. The van der Waals surface area contributed by atoms with Crippen LogP contribution in [0.3, 0.4) is 0 Å². The Balaban J connectivity index is 1.47. The van der Waals surface area contributed by atoms with Crippen LogP contribution in [0.25, 0.3) is 0 Å². The predicted octanol–water partition coefficient (Wildman–Crippen LogP) is 2.87. The monoisotopic (exact) mass is 456 g/mol. The molecule has 3 aromatic rings. The van der Waals surface area contributed by atoms with E-state index in [9.17, 15) is 17.6 Å². The van der Waals surface area contributed by atoms with Crippen LogP contribution in [0.2, 0.25) is 0 Å². The average Bonchev–Trinajstić information content (AvgIpc) is 3.23. The fourth-order valence-corrected chi connectivity index (χ4v) is 5.49. The Hall–Kier alpha value is -3.04. The number of sulfonamides is 1. The van der Waals surface area contributed by atoms with Gasteiger partial charge in [0, 0.05) is 38.4 Å². The summed E-state index contributed by atoms with van der Waals surface area (Å²) in [5, 5.41) is 3.00. The van der Waals surface area contributed by atoms with Crippen molar-refractivity contribution in [2.45, 2.75) is 23.8 Å². The SMILES string of the molecule is Cn1ccnc1[C@H](NC(=O)C1CCN(S(=O)(=O)c2ccccc2)CC1)c1cccc(F)c1. The van der Waals surface area contributed by atoms with Crippen molar-refractivity contribution >= 4 is 15.9 Å². The number of aryl methyl sites for hydroxylation is 1. The number of hydrogen-bond acceptors (Lipinski definition) is 4. The number of halogens is 1. The first kappa shape index (κ1) is 22.2. The van der Waals surface area contributed by atoms with Gasteiger partial charge >= 0.3 is 0 Å². The molecule has 1 aliphatic rings. The lowest BCUT2D eigenvalue weighted by atomic mass is 9.96. The van der Waals surface area contributed by atoms with Gasteiger partial charge in [0.25, 0.3) is 0 Å². The molecule has 0 radical (unpaired) electrons.